The minimum absolute atomic E-state index is 0.218. The summed E-state index contributed by atoms with van der Waals surface area (Å²) in [4.78, 5) is 8.17. The van der Waals surface area contributed by atoms with E-state index in [0.29, 0.717) is 23.8 Å². The molecule has 0 amide bonds. The van der Waals surface area contributed by atoms with Crippen molar-refractivity contribution >= 4 is 39.9 Å². The Bertz CT molecular complexity index is 1310. The monoisotopic (exact) mass is 502 g/mol. The number of aryl methyl sites for hydroxylation is 1. The lowest BCUT2D eigenvalue weighted by molar-refractivity contribution is 0.412. The van der Waals surface area contributed by atoms with Gasteiger partial charge in [0.2, 0.25) is 0 Å². The number of phenolic OH excluding ortho intramolecular Hbond substituents is 1. The molecule has 0 aliphatic rings. The maximum Gasteiger partial charge on any atom is 0.169 e. The topological polar surface area (TPSA) is 70.9 Å². The second-order valence-corrected chi connectivity index (χ2v) is 9.54. The van der Waals surface area contributed by atoms with Gasteiger partial charge < -0.3 is 20.7 Å². The zero-order valence-corrected chi connectivity index (χ0v) is 20.8. The third-order valence-corrected chi connectivity index (χ3v) is 6.61. The fourth-order valence-electron chi connectivity index (χ4n) is 3.58. The first kappa shape index (κ1) is 24.7. The number of hydrogen-bond donors (Lipinski definition) is 2. The number of hydrogen-bond acceptors (Lipinski definition) is 5. The lowest BCUT2D eigenvalue weighted by atomic mass is 10.1. The van der Waals surface area contributed by atoms with Gasteiger partial charge in [-0.05, 0) is 60.5 Å². The van der Waals surface area contributed by atoms with Gasteiger partial charge in [0, 0.05) is 23.7 Å². The van der Waals surface area contributed by atoms with Gasteiger partial charge >= 0.3 is 0 Å². The van der Waals surface area contributed by atoms with E-state index in [4.69, 9.17) is 16.6 Å². The molecule has 0 bridgehead atoms. The molecule has 0 unspecified atom stereocenters. The molecule has 178 valence electrons. The summed E-state index contributed by atoms with van der Waals surface area (Å²) in [6.07, 6.45) is 0. The molecule has 0 aliphatic heterocycles. The minimum Gasteiger partial charge on any atom is -0.761 e. The van der Waals surface area contributed by atoms with Crippen LogP contribution in [-0.4, -0.2) is 15.2 Å². The molecule has 0 atom stereocenters. The number of halogens is 1. The van der Waals surface area contributed by atoms with Crippen molar-refractivity contribution in [1.82, 2.24) is 4.90 Å². The third kappa shape index (κ3) is 7.02. The Hall–Kier alpha value is -3.45. The molecule has 0 heterocycles. The van der Waals surface area contributed by atoms with Crippen molar-refractivity contribution in [3.8, 4) is 5.75 Å². The zero-order chi connectivity index (χ0) is 24.6. The molecule has 0 aliphatic carbocycles. The summed E-state index contributed by atoms with van der Waals surface area (Å²) < 4.78 is 0. The quantitative estimate of drug-likeness (QED) is 0.117. The van der Waals surface area contributed by atoms with E-state index in [2.05, 4.69) is 42.2 Å². The van der Waals surface area contributed by atoms with E-state index in [1.807, 2.05) is 41.9 Å². The molecule has 4 aromatic carbocycles. The molecule has 0 fully saturated rings. The summed E-state index contributed by atoms with van der Waals surface area (Å²) in [6.45, 7) is 3.19. The SMILES string of the molecule is Cc1cccc(SC(=Nc2ccc(Cl)c(N[O-])c2)N(Cc2ccccc2)Cc2cccc(O)c2)c1. The number of benzene rings is 4. The van der Waals surface area contributed by atoms with E-state index in [0.717, 1.165) is 26.8 Å². The van der Waals surface area contributed by atoms with Crippen molar-refractivity contribution in [3.05, 3.63) is 124 Å². The van der Waals surface area contributed by atoms with Gasteiger partial charge in [-0.3, -0.25) is 0 Å². The van der Waals surface area contributed by atoms with Gasteiger partial charge in [-0.2, -0.15) is 0 Å². The van der Waals surface area contributed by atoms with Crippen LogP contribution in [0.1, 0.15) is 16.7 Å². The molecule has 4 rings (SSSR count). The Kier molecular flexibility index (Phi) is 8.32. The van der Waals surface area contributed by atoms with Gasteiger partial charge in [-0.1, -0.05) is 83.5 Å². The molecule has 0 saturated carbocycles. The predicted molar refractivity (Wildman–Crippen MR) is 146 cm³/mol. The van der Waals surface area contributed by atoms with Crippen molar-refractivity contribution in [2.24, 2.45) is 4.99 Å². The molecule has 2 N–H and O–H groups in total. The Morgan fingerprint density at radius 2 is 1.66 bits per heavy atom. The van der Waals surface area contributed by atoms with Gasteiger partial charge in [0.15, 0.2) is 5.17 Å². The Morgan fingerprint density at radius 3 is 2.40 bits per heavy atom. The van der Waals surface area contributed by atoms with E-state index >= 15 is 0 Å². The maximum absolute atomic E-state index is 11.3. The summed E-state index contributed by atoms with van der Waals surface area (Å²) in [6, 6.07) is 30.7. The highest BCUT2D eigenvalue weighted by atomic mass is 35.5. The van der Waals surface area contributed by atoms with Crippen LogP contribution in [0, 0.1) is 12.1 Å². The highest BCUT2D eigenvalue weighted by molar-refractivity contribution is 8.13. The molecular formula is C28H25ClN3O2S-. The second-order valence-electron chi connectivity index (χ2n) is 8.09. The number of anilines is 1. The highest BCUT2D eigenvalue weighted by Gasteiger charge is 2.16. The predicted octanol–water partition coefficient (Wildman–Crippen LogP) is 7.75. The molecule has 0 spiro atoms. The second kappa shape index (κ2) is 11.8. The number of thioether (sulfide) groups is 1. The van der Waals surface area contributed by atoms with Crippen LogP contribution in [0.15, 0.2) is 107 Å². The van der Waals surface area contributed by atoms with Gasteiger partial charge in [0.25, 0.3) is 0 Å². The summed E-state index contributed by atoms with van der Waals surface area (Å²) >= 11 is 7.67. The van der Waals surface area contributed by atoms with E-state index in [1.54, 1.807) is 42.1 Å². The largest absolute Gasteiger partial charge is 0.761 e. The van der Waals surface area contributed by atoms with Gasteiger partial charge in [0.1, 0.15) is 5.75 Å². The number of aromatic hydroxyl groups is 1. The Labute approximate surface area is 214 Å². The Balaban J connectivity index is 1.78. The number of phenols is 1. The fraction of sp³-hybridized carbons (Fsp3) is 0.107. The molecule has 0 saturated heterocycles. The fourth-order valence-corrected chi connectivity index (χ4v) is 4.75. The first-order valence-corrected chi connectivity index (χ1v) is 12.3. The number of rotatable bonds is 7. The van der Waals surface area contributed by atoms with Crippen LogP contribution in [-0.2, 0) is 13.1 Å². The van der Waals surface area contributed by atoms with Crippen molar-refractivity contribution in [2.75, 3.05) is 5.48 Å². The molecule has 4 aromatic rings. The van der Waals surface area contributed by atoms with Crippen molar-refractivity contribution in [3.63, 3.8) is 0 Å². The molecule has 0 aromatic heterocycles. The van der Waals surface area contributed by atoms with E-state index in [9.17, 15) is 10.3 Å². The zero-order valence-electron chi connectivity index (χ0n) is 19.2. The van der Waals surface area contributed by atoms with Crippen molar-refractivity contribution in [1.29, 1.82) is 0 Å². The number of aliphatic imine (C=N–C) groups is 1. The maximum atomic E-state index is 11.3. The number of nitrogens with one attached hydrogen (secondary N) is 1. The van der Waals surface area contributed by atoms with Gasteiger partial charge in [0.05, 0.1) is 10.7 Å². The standard InChI is InChI=1S/C28H25ClN3O2S/c1-20-7-5-12-25(15-20)35-28(30-23-13-14-26(29)27(17-23)31-34)32(18-21-8-3-2-4-9-21)19-22-10-6-11-24(33)16-22/h2-17,31,33H,18-19H2,1H3/q-1. The van der Waals surface area contributed by atoms with Crippen molar-refractivity contribution < 1.29 is 5.11 Å². The average molecular weight is 503 g/mol. The van der Waals surface area contributed by atoms with Crippen LogP contribution in [0.4, 0.5) is 11.4 Å². The van der Waals surface area contributed by atoms with Crippen LogP contribution in [0.3, 0.4) is 0 Å². The molecule has 0 radical (unpaired) electrons. The molecular weight excluding hydrogens is 478 g/mol. The van der Waals surface area contributed by atoms with Crippen LogP contribution in [0.2, 0.25) is 5.02 Å². The summed E-state index contributed by atoms with van der Waals surface area (Å²) in [5.41, 5.74) is 6.00. The van der Waals surface area contributed by atoms with Crippen LogP contribution < -0.4 is 5.48 Å². The molecule has 7 heteroatoms. The smallest absolute Gasteiger partial charge is 0.169 e. The lowest BCUT2D eigenvalue weighted by Crippen LogP contribution is -2.28. The van der Waals surface area contributed by atoms with E-state index in [1.165, 1.54) is 0 Å². The lowest BCUT2D eigenvalue weighted by Gasteiger charge is -2.26. The number of nitrogens with zero attached hydrogens (tertiary/aromatic N) is 2. The number of amidine groups is 1. The van der Waals surface area contributed by atoms with Gasteiger partial charge in [-0.15, -0.1) is 0 Å². The van der Waals surface area contributed by atoms with Gasteiger partial charge in [-0.25, -0.2) is 4.99 Å². The van der Waals surface area contributed by atoms with E-state index < -0.39 is 0 Å². The molecule has 5 nitrogen and oxygen atoms in total. The average Bonchev–Trinajstić information content (AvgIpc) is 2.85. The van der Waals surface area contributed by atoms with Crippen LogP contribution in [0.5, 0.6) is 5.75 Å². The van der Waals surface area contributed by atoms with Crippen LogP contribution in [0.25, 0.3) is 0 Å². The third-order valence-electron chi connectivity index (χ3n) is 5.25. The summed E-state index contributed by atoms with van der Waals surface area (Å²) in [7, 11) is 0. The Morgan fingerprint density at radius 1 is 0.914 bits per heavy atom. The first-order chi connectivity index (χ1) is 17.0. The van der Waals surface area contributed by atoms with E-state index in [-0.39, 0.29) is 11.4 Å². The van der Waals surface area contributed by atoms with Crippen LogP contribution >= 0.6 is 23.4 Å². The normalized spacial score (nSPS) is 11.3. The summed E-state index contributed by atoms with van der Waals surface area (Å²) in [5, 5.41) is 22.5. The van der Waals surface area contributed by atoms with Crippen molar-refractivity contribution in [2.45, 2.75) is 24.9 Å². The highest BCUT2D eigenvalue weighted by Crippen LogP contribution is 2.31. The summed E-state index contributed by atoms with van der Waals surface area (Å²) in [5.74, 6) is 0.218. The minimum atomic E-state index is 0.218. The molecule has 35 heavy (non-hydrogen) atoms. The first-order valence-electron chi connectivity index (χ1n) is 11.1.